The lowest BCUT2D eigenvalue weighted by Crippen LogP contribution is -2.22. The summed E-state index contributed by atoms with van der Waals surface area (Å²) in [6.45, 7) is 4.48. The van der Waals surface area contributed by atoms with E-state index >= 15 is 0 Å². The van der Waals surface area contributed by atoms with Crippen molar-refractivity contribution < 1.29 is 0 Å². The smallest absolute Gasteiger partial charge is 0.147 e. The molecule has 0 amide bonds. The van der Waals surface area contributed by atoms with Crippen LogP contribution in [0.15, 0.2) is 60.3 Å². The summed E-state index contributed by atoms with van der Waals surface area (Å²) in [6, 6.07) is 20.5. The first kappa shape index (κ1) is 18.0. The molecule has 0 aliphatic carbocycles. The van der Waals surface area contributed by atoms with Crippen LogP contribution >= 0.6 is 11.3 Å². The lowest BCUT2D eigenvalue weighted by Gasteiger charge is -2.23. The Hall–Kier alpha value is -3.34. The fourth-order valence-electron chi connectivity index (χ4n) is 4.01. The van der Waals surface area contributed by atoms with Gasteiger partial charge in [0.05, 0.1) is 4.53 Å². The molecule has 4 heteroatoms. The molecule has 0 unspecified atom stereocenters. The zero-order valence-corrected chi connectivity index (χ0v) is 16.8. The van der Waals surface area contributed by atoms with Gasteiger partial charge in [-0.2, -0.15) is 10.5 Å². The molecular formula is C24H19N3S. The number of nitrogens with zero attached hydrogens (tertiary/aromatic N) is 3. The number of likely N-dealkylation sites (N-methyl/N-ethyl adjacent to an activating group) is 1. The van der Waals surface area contributed by atoms with Gasteiger partial charge in [0.1, 0.15) is 17.7 Å². The Balaban J connectivity index is 1.96. The largest absolute Gasteiger partial charge is 0.347 e. The summed E-state index contributed by atoms with van der Waals surface area (Å²) >= 11 is 1.50. The lowest BCUT2D eigenvalue weighted by atomic mass is 9.84. The minimum atomic E-state index is -0.0890. The van der Waals surface area contributed by atoms with Gasteiger partial charge < -0.3 is 4.90 Å². The van der Waals surface area contributed by atoms with Crippen LogP contribution in [0.1, 0.15) is 19.4 Å². The molecule has 1 aliphatic heterocycles. The van der Waals surface area contributed by atoms with E-state index in [1.807, 2.05) is 36.4 Å². The Morgan fingerprint density at radius 2 is 1.61 bits per heavy atom. The van der Waals surface area contributed by atoms with Crippen LogP contribution in [0.4, 0.5) is 5.69 Å². The molecule has 3 aromatic rings. The van der Waals surface area contributed by atoms with Crippen molar-refractivity contribution in [2.75, 3.05) is 11.9 Å². The quantitative estimate of drug-likeness (QED) is 0.635. The van der Waals surface area contributed by atoms with Crippen molar-refractivity contribution in [3.8, 4) is 12.1 Å². The molecule has 136 valence electrons. The zero-order valence-electron chi connectivity index (χ0n) is 16.0. The average molecular weight is 382 g/mol. The minimum absolute atomic E-state index is 0.0890. The number of hydrogen-bond acceptors (Lipinski definition) is 4. The fourth-order valence-corrected chi connectivity index (χ4v) is 5.13. The van der Waals surface area contributed by atoms with Gasteiger partial charge in [-0.25, -0.2) is 0 Å². The van der Waals surface area contributed by atoms with Crippen LogP contribution in [-0.2, 0) is 5.41 Å². The Bertz CT molecular complexity index is 1310. The number of benzene rings is 2. The molecule has 28 heavy (non-hydrogen) atoms. The maximum absolute atomic E-state index is 9.32. The first-order valence-electron chi connectivity index (χ1n) is 9.07. The van der Waals surface area contributed by atoms with Crippen molar-refractivity contribution in [2.24, 2.45) is 0 Å². The molecule has 0 N–H and O–H groups in total. The summed E-state index contributed by atoms with van der Waals surface area (Å²) in [7, 11) is 2.10. The third-order valence-corrected chi connectivity index (χ3v) is 6.64. The number of fused-ring (bicyclic) bond motifs is 2. The van der Waals surface area contributed by atoms with Gasteiger partial charge in [0.15, 0.2) is 0 Å². The highest BCUT2D eigenvalue weighted by Gasteiger charge is 2.37. The van der Waals surface area contributed by atoms with Crippen molar-refractivity contribution in [1.29, 1.82) is 10.5 Å². The molecule has 1 aromatic heterocycles. The zero-order chi connectivity index (χ0) is 19.9. The molecule has 1 aliphatic rings. The molecular weight excluding hydrogens is 362 g/mol. The van der Waals surface area contributed by atoms with Crippen molar-refractivity contribution in [2.45, 2.75) is 19.3 Å². The summed E-state index contributed by atoms with van der Waals surface area (Å²) in [5.41, 5.74) is 3.84. The fraction of sp³-hybridized carbons (Fsp3) is 0.167. The van der Waals surface area contributed by atoms with Crippen molar-refractivity contribution >= 4 is 39.4 Å². The lowest BCUT2D eigenvalue weighted by molar-refractivity contribution is 0.641. The number of nitriles is 2. The standard InChI is InChI=1S/C24H19N3S/c1-24(2)19-10-6-7-11-20(19)27(3)22(24)13-12-21-17-8-4-5-9-18(17)23(28-21)16(14-25)15-26/h4-13H,1-3H3. The maximum Gasteiger partial charge on any atom is 0.147 e. The number of allylic oxidation sites excluding steroid dienone is 2. The molecule has 2 aromatic carbocycles. The first-order valence-corrected chi connectivity index (χ1v) is 9.88. The van der Waals surface area contributed by atoms with E-state index in [2.05, 4.69) is 62.2 Å². The molecule has 0 saturated heterocycles. The van der Waals surface area contributed by atoms with Crippen LogP contribution < -0.4 is 14.0 Å². The number of thiophene rings is 1. The summed E-state index contributed by atoms with van der Waals surface area (Å²) in [5, 5.41) is 20.7. The number of para-hydroxylation sites is 1. The van der Waals surface area contributed by atoms with Crippen molar-refractivity contribution in [3.05, 3.63) is 74.9 Å². The Kier molecular flexibility index (Phi) is 4.30. The van der Waals surface area contributed by atoms with Crippen LogP contribution in [0.5, 0.6) is 0 Å². The molecule has 0 radical (unpaired) electrons. The van der Waals surface area contributed by atoms with Gasteiger partial charge in [-0.15, -0.1) is 11.3 Å². The minimum Gasteiger partial charge on any atom is -0.347 e. The highest BCUT2D eigenvalue weighted by atomic mass is 32.1. The van der Waals surface area contributed by atoms with Gasteiger partial charge in [-0.05, 0) is 23.8 Å². The summed E-state index contributed by atoms with van der Waals surface area (Å²) in [5.74, 6) is 0. The van der Waals surface area contributed by atoms with Gasteiger partial charge in [0.25, 0.3) is 0 Å². The van der Waals surface area contributed by atoms with E-state index in [4.69, 9.17) is 0 Å². The van der Waals surface area contributed by atoms with Gasteiger partial charge in [-0.1, -0.05) is 56.3 Å². The third kappa shape index (κ3) is 2.62. The predicted molar refractivity (Wildman–Crippen MR) is 116 cm³/mol. The van der Waals surface area contributed by atoms with E-state index in [-0.39, 0.29) is 11.0 Å². The molecule has 0 bridgehead atoms. The Morgan fingerprint density at radius 3 is 2.29 bits per heavy atom. The second kappa shape index (κ2) is 6.68. The Labute approximate surface area is 168 Å². The second-order valence-electron chi connectivity index (χ2n) is 7.36. The van der Waals surface area contributed by atoms with E-state index in [0.717, 1.165) is 19.8 Å². The number of hydrogen-bond donors (Lipinski definition) is 0. The van der Waals surface area contributed by atoms with Crippen LogP contribution in [0.3, 0.4) is 0 Å². The van der Waals surface area contributed by atoms with E-state index in [9.17, 15) is 10.5 Å². The first-order chi connectivity index (χ1) is 13.5. The monoisotopic (exact) mass is 381 g/mol. The van der Waals surface area contributed by atoms with Crippen molar-refractivity contribution in [1.82, 2.24) is 0 Å². The molecule has 0 fully saturated rings. The molecule has 2 heterocycles. The summed E-state index contributed by atoms with van der Waals surface area (Å²) in [6.07, 6.45) is 4.28. The van der Waals surface area contributed by atoms with Crippen LogP contribution in [0.25, 0.3) is 22.4 Å². The highest BCUT2D eigenvalue weighted by Crippen LogP contribution is 2.46. The summed E-state index contributed by atoms with van der Waals surface area (Å²) < 4.78 is 1.80. The Morgan fingerprint density at radius 1 is 0.964 bits per heavy atom. The molecule has 4 rings (SSSR count). The predicted octanol–water partition coefficient (Wildman–Crippen LogP) is 4.19. The van der Waals surface area contributed by atoms with Crippen molar-refractivity contribution in [3.63, 3.8) is 0 Å². The van der Waals surface area contributed by atoms with Crippen LogP contribution in [0, 0.1) is 22.7 Å². The summed E-state index contributed by atoms with van der Waals surface area (Å²) in [4.78, 5) is 2.24. The normalized spacial score (nSPS) is 16.8. The molecule has 0 atom stereocenters. The van der Waals surface area contributed by atoms with E-state index in [1.165, 1.54) is 28.3 Å². The molecule has 0 saturated carbocycles. The van der Waals surface area contributed by atoms with Gasteiger partial charge in [0, 0.05) is 39.2 Å². The highest BCUT2D eigenvalue weighted by molar-refractivity contribution is 7.09. The van der Waals surface area contributed by atoms with E-state index in [1.54, 1.807) is 0 Å². The third-order valence-electron chi connectivity index (χ3n) is 5.43. The number of rotatable bonds is 1. The topological polar surface area (TPSA) is 50.8 Å². The number of anilines is 1. The van der Waals surface area contributed by atoms with E-state index < -0.39 is 0 Å². The average Bonchev–Trinajstić information content (AvgIpc) is 3.16. The van der Waals surface area contributed by atoms with Crippen LogP contribution in [0.2, 0.25) is 0 Å². The molecule has 3 nitrogen and oxygen atoms in total. The van der Waals surface area contributed by atoms with Gasteiger partial charge in [-0.3, -0.25) is 0 Å². The van der Waals surface area contributed by atoms with E-state index in [0.29, 0.717) is 0 Å². The SMILES string of the molecule is CN1C(=CC=c2sc(=C(C#N)C#N)c3ccccc23)C(C)(C)c2ccccc21. The van der Waals surface area contributed by atoms with Crippen LogP contribution in [-0.4, -0.2) is 7.05 Å². The maximum atomic E-state index is 9.32. The molecule has 0 spiro atoms. The van der Waals surface area contributed by atoms with Gasteiger partial charge >= 0.3 is 0 Å². The van der Waals surface area contributed by atoms with Gasteiger partial charge in [0.2, 0.25) is 0 Å². The second-order valence-corrected chi connectivity index (χ2v) is 8.41.